The normalized spacial score (nSPS) is 28.5. The van der Waals surface area contributed by atoms with Crippen LogP contribution in [0.3, 0.4) is 0 Å². The minimum atomic E-state index is 0.580. The predicted octanol–water partition coefficient (Wildman–Crippen LogP) is 2.75. The van der Waals surface area contributed by atoms with Crippen LogP contribution in [-0.4, -0.2) is 12.8 Å². The van der Waals surface area contributed by atoms with Crippen molar-refractivity contribution in [3.63, 3.8) is 0 Å². The molecule has 15 heavy (non-hydrogen) atoms. The quantitative estimate of drug-likeness (QED) is 0.734. The molecule has 0 saturated carbocycles. The van der Waals surface area contributed by atoms with Crippen molar-refractivity contribution >= 4 is 6.21 Å². The molecule has 1 aliphatic rings. The van der Waals surface area contributed by atoms with Crippen molar-refractivity contribution in [1.29, 1.82) is 0 Å². The summed E-state index contributed by atoms with van der Waals surface area (Å²) in [6.07, 6.45) is 11.7. The summed E-state index contributed by atoms with van der Waals surface area (Å²) in [4.78, 5) is 4.21. The summed E-state index contributed by atoms with van der Waals surface area (Å²) in [5.74, 6) is 0. The number of hydrogen-bond donors (Lipinski definition) is 1. The maximum atomic E-state index is 5.96. The molecule has 0 unspecified atom stereocenters. The Labute approximate surface area is 91.6 Å². The highest BCUT2D eigenvalue weighted by atomic mass is 14.8. The van der Waals surface area contributed by atoms with Crippen molar-refractivity contribution < 1.29 is 0 Å². The first kappa shape index (κ1) is 11.5. The molecule has 0 bridgehead atoms. The smallest absolute Gasteiger partial charge is 0.0786 e. The molecule has 80 valence electrons. The molecule has 2 nitrogen and oxygen atoms in total. The van der Waals surface area contributed by atoms with Gasteiger partial charge in [0.1, 0.15) is 0 Å². The zero-order valence-electron chi connectivity index (χ0n) is 9.24. The van der Waals surface area contributed by atoms with Gasteiger partial charge in [-0.05, 0) is 23.6 Å². The first-order valence-corrected chi connectivity index (χ1v) is 5.25. The Bertz CT molecular complexity index is 344. The SMILES string of the molecule is C=C1/C=C\C=N/C/C(N)=C(CCC)\C=C/1. The molecule has 0 saturated heterocycles. The van der Waals surface area contributed by atoms with E-state index in [-0.39, 0.29) is 0 Å². The first-order valence-electron chi connectivity index (χ1n) is 5.25. The van der Waals surface area contributed by atoms with Gasteiger partial charge in [0.05, 0.1) is 6.54 Å². The maximum Gasteiger partial charge on any atom is 0.0786 e. The van der Waals surface area contributed by atoms with Crippen LogP contribution in [0.25, 0.3) is 0 Å². The lowest BCUT2D eigenvalue weighted by Gasteiger charge is -2.06. The lowest BCUT2D eigenvalue weighted by molar-refractivity contribution is 0.898. The third kappa shape index (κ3) is 3.98. The van der Waals surface area contributed by atoms with Crippen LogP contribution in [0, 0.1) is 0 Å². The van der Waals surface area contributed by atoms with Crippen LogP contribution in [0.5, 0.6) is 0 Å². The number of rotatable bonds is 2. The third-order valence-electron chi connectivity index (χ3n) is 2.19. The summed E-state index contributed by atoms with van der Waals surface area (Å²) in [6, 6.07) is 0. The summed E-state index contributed by atoms with van der Waals surface area (Å²) in [6.45, 7) is 6.63. The lowest BCUT2D eigenvalue weighted by Crippen LogP contribution is -2.05. The van der Waals surface area contributed by atoms with Crippen molar-refractivity contribution in [2.24, 2.45) is 10.7 Å². The van der Waals surface area contributed by atoms with E-state index in [2.05, 4.69) is 18.5 Å². The monoisotopic (exact) mass is 202 g/mol. The van der Waals surface area contributed by atoms with E-state index >= 15 is 0 Å². The Hall–Kier alpha value is -1.57. The van der Waals surface area contributed by atoms with E-state index in [1.165, 1.54) is 5.57 Å². The van der Waals surface area contributed by atoms with E-state index < -0.39 is 0 Å². The third-order valence-corrected chi connectivity index (χ3v) is 2.19. The number of aliphatic imine (C=N–C) groups is 1. The largest absolute Gasteiger partial charge is 0.400 e. The van der Waals surface area contributed by atoms with E-state index in [9.17, 15) is 0 Å². The molecule has 0 amide bonds. The van der Waals surface area contributed by atoms with Crippen LogP contribution < -0.4 is 5.73 Å². The Balaban J connectivity index is 2.92. The second-order valence-corrected chi connectivity index (χ2v) is 3.56. The molecule has 0 aromatic heterocycles. The Morgan fingerprint density at radius 1 is 1.40 bits per heavy atom. The minimum Gasteiger partial charge on any atom is -0.400 e. The van der Waals surface area contributed by atoms with E-state index in [0.717, 1.165) is 24.1 Å². The molecule has 0 fully saturated rings. The summed E-state index contributed by atoms with van der Waals surface area (Å²) in [5.41, 5.74) is 8.95. The van der Waals surface area contributed by atoms with E-state index in [0.29, 0.717) is 6.54 Å². The van der Waals surface area contributed by atoms with Crippen molar-refractivity contribution in [2.45, 2.75) is 19.8 Å². The van der Waals surface area contributed by atoms with Crippen LogP contribution in [0.15, 0.2) is 52.7 Å². The predicted molar refractivity (Wildman–Crippen MR) is 66.9 cm³/mol. The van der Waals surface area contributed by atoms with Gasteiger partial charge < -0.3 is 5.73 Å². The molecule has 1 heterocycles. The zero-order chi connectivity index (χ0) is 11.1. The Morgan fingerprint density at radius 3 is 2.93 bits per heavy atom. The van der Waals surface area contributed by atoms with Crippen LogP contribution in [0.4, 0.5) is 0 Å². The minimum absolute atomic E-state index is 0.580. The van der Waals surface area contributed by atoms with E-state index in [4.69, 9.17) is 5.73 Å². The molecule has 1 aliphatic heterocycles. The second kappa shape index (κ2) is 6.02. The van der Waals surface area contributed by atoms with Crippen LogP contribution >= 0.6 is 0 Å². The van der Waals surface area contributed by atoms with Gasteiger partial charge in [-0.3, -0.25) is 4.99 Å². The van der Waals surface area contributed by atoms with Gasteiger partial charge >= 0.3 is 0 Å². The molecule has 0 spiro atoms. The highest BCUT2D eigenvalue weighted by molar-refractivity contribution is 5.72. The van der Waals surface area contributed by atoms with Gasteiger partial charge in [0.15, 0.2) is 0 Å². The molecular weight excluding hydrogens is 184 g/mol. The van der Waals surface area contributed by atoms with Gasteiger partial charge in [-0.1, -0.05) is 38.2 Å². The van der Waals surface area contributed by atoms with Crippen LogP contribution in [0.1, 0.15) is 19.8 Å². The summed E-state index contributed by atoms with van der Waals surface area (Å²) < 4.78 is 0. The average Bonchev–Trinajstić information content (AvgIpc) is 2.22. The number of nitrogens with two attached hydrogens (primary N) is 1. The van der Waals surface area contributed by atoms with Crippen molar-refractivity contribution in [3.05, 3.63) is 47.7 Å². The maximum absolute atomic E-state index is 5.96. The van der Waals surface area contributed by atoms with Crippen molar-refractivity contribution in [3.8, 4) is 0 Å². The van der Waals surface area contributed by atoms with Gasteiger partial charge in [-0.25, -0.2) is 0 Å². The highest BCUT2D eigenvalue weighted by Gasteiger charge is 1.99. The molecule has 1 rings (SSSR count). The molecule has 2 N–H and O–H groups in total. The standard InChI is InChI=1S/C13H18N2/c1-3-5-12-8-7-11(2)6-4-9-15-10-13(12)14/h4,6-9H,2-3,5,10,14H2,1H3/b6-4-,8-7-,13-12+,15-9-. The van der Waals surface area contributed by atoms with E-state index in [1.807, 2.05) is 24.3 Å². The second-order valence-electron chi connectivity index (χ2n) is 3.56. The fourth-order valence-electron chi connectivity index (χ4n) is 1.36. The van der Waals surface area contributed by atoms with Crippen LogP contribution in [0.2, 0.25) is 0 Å². The molecular formula is C13H18N2. The number of nitrogens with zero attached hydrogens (tertiary/aromatic N) is 1. The van der Waals surface area contributed by atoms with Gasteiger partial charge in [0.2, 0.25) is 0 Å². The fourth-order valence-corrected chi connectivity index (χ4v) is 1.36. The Morgan fingerprint density at radius 2 is 2.20 bits per heavy atom. The molecule has 0 aromatic rings. The molecule has 0 aromatic carbocycles. The molecule has 0 aliphatic carbocycles. The van der Waals surface area contributed by atoms with E-state index in [1.54, 1.807) is 6.21 Å². The van der Waals surface area contributed by atoms with Crippen molar-refractivity contribution in [1.82, 2.24) is 0 Å². The number of hydrogen-bond acceptors (Lipinski definition) is 2. The topological polar surface area (TPSA) is 38.4 Å². The van der Waals surface area contributed by atoms with Gasteiger partial charge in [0, 0.05) is 11.9 Å². The fraction of sp³-hybridized carbons (Fsp3) is 0.308. The summed E-state index contributed by atoms with van der Waals surface area (Å²) in [7, 11) is 0. The Kier molecular flexibility index (Phi) is 4.61. The summed E-state index contributed by atoms with van der Waals surface area (Å²) in [5, 5.41) is 0. The van der Waals surface area contributed by atoms with Crippen molar-refractivity contribution in [2.75, 3.05) is 6.54 Å². The average molecular weight is 202 g/mol. The van der Waals surface area contributed by atoms with Gasteiger partial charge in [-0.15, -0.1) is 0 Å². The molecule has 0 radical (unpaired) electrons. The first-order chi connectivity index (χ1) is 7.24. The zero-order valence-corrected chi connectivity index (χ0v) is 9.24. The van der Waals surface area contributed by atoms with Gasteiger partial charge in [-0.2, -0.15) is 0 Å². The highest BCUT2D eigenvalue weighted by Crippen LogP contribution is 2.12. The molecule has 0 atom stereocenters. The van der Waals surface area contributed by atoms with Crippen LogP contribution in [-0.2, 0) is 0 Å². The molecule has 2 heteroatoms. The lowest BCUT2D eigenvalue weighted by atomic mass is 10.1. The number of allylic oxidation sites excluding steroid dienone is 6. The summed E-state index contributed by atoms with van der Waals surface area (Å²) >= 11 is 0. The van der Waals surface area contributed by atoms with Gasteiger partial charge in [0.25, 0.3) is 0 Å².